The summed E-state index contributed by atoms with van der Waals surface area (Å²) in [5, 5.41) is 11.7. The summed E-state index contributed by atoms with van der Waals surface area (Å²) in [6, 6.07) is 10.6. The first-order valence-corrected chi connectivity index (χ1v) is 15.8. The van der Waals surface area contributed by atoms with Gasteiger partial charge in [-0.3, -0.25) is 19.2 Å². The highest BCUT2D eigenvalue weighted by atomic mass is 16.6. The Morgan fingerprint density at radius 2 is 1.24 bits per heavy atom. The van der Waals surface area contributed by atoms with Crippen molar-refractivity contribution >= 4 is 23.8 Å². The molecule has 0 saturated carbocycles. The van der Waals surface area contributed by atoms with E-state index in [1.807, 2.05) is 0 Å². The number of carboxylic acids is 1. The van der Waals surface area contributed by atoms with Crippen LogP contribution in [-0.4, -0.2) is 35.5 Å². The fraction of sp³-hybridized carbons (Fsp3) is 0.706. The molecule has 7 heteroatoms. The van der Waals surface area contributed by atoms with Gasteiger partial charge >= 0.3 is 17.9 Å². The second kappa shape index (κ2) is 22.9. The van der Waals surface area contributed by atoms with Gasteiger partial charge in [0.2, 0.25) is 5.91 Å². The lowest BCUT2D eigenvalue weighted by Gasteiger charge is -2.15. The number of benzene rings is 1. The van der Waals surface area contributed by atoms with Crippen LogP contribution in [0.3, 0.4) is 0 Å². The van der Waals surface area contributed by atoms with Crippen molar-refractivity contribution in [2.75, 3.05) is 6.54 Å². The van der Waals surface area contributed by atoms with E-state index in [0.29, 0.717) is 12.5 Å². The molecule has 1 aliphatic heterocycles. The van der Waals surface area contributed by atoms with Crippen molar-refractivity contribution in [3.63, 3.8) is 0 Å². The van der Waals surface area contributed by atoms with Gasteiger partial charge in [-0.1, -0.05) is 137 Å². The van der Waals surface area contributed by atoms with Crippen molar-refractivity contribution in [2.45, 2.75) is 125 Å². The summed E-state index contributed by atoms with van der Waals surface area (Å²) in [4.78, 5) is 43.7. The second-order valence-corrected chi connectivity index (χ2v) is 11.4. The first kappa shape index (κ1) is 38.3. The maximum Gasteiger partial charge on any atom is 0.317 e. The number of rotatable bonds is 16. The highest BCUT2D eigenvalue weighted by molar-refractivity contribution is 5.95. The number of esters is 2. The number of ether oxygens (including phenoxy) is 1. The summed E-state index contributed by atoms with van der Waals surface area (Å²) in [6.07, 6.45) is 13.9. The number of unbranched alkanes of at least 4 members (excludes halogenated alkanes) is 9. The van der Waals surface area contributed by atoms with Crippen molar-refractivity contribution < 1.29 is 29.0 Å². The molecular weight excluding hydrogens is 518 g/mol. The second-order valence-electron chi connectivity index (χ2n) is 11.4. The molecule has 1 saturated heterocycles. The minimum Gasteiger partial charge on any atom is -0.481 e. The predicted molar refractivity (Wildman–Crippen MR) is 165 cm³/mol. The van der Waals surface area contributed by atoms with E-state index in [2.05, 4.69) is 61.2 Å². The Kier molecular flexibility index (Phi) is 21.4. The highest BCUT2D eigenvalue weighted by Gasteiger charge is 2.37. The molecule has 0 radical (unpaired) electrons. The zero-order valence-corrected chi connectivity index (χ0v) is 26.7. The maximum absolute atomic E-state index is 11.8. The summed E-state index contributed by atoms with van der Waals surface area (Å²) in [5.41, 5.74) is 1.45. The van der Waals surface area contributed by atoms with E-state index in [1.165, 1.54) is 63.4 Å². The largest absolute Gasteiger partial charge is 0.481 e. The zero-order chi connectivity index (χ0) is 31.2. The Hall–Kier alpha value is -2.70. The van der Waals surface area contributed by atoms with E-state index in [-0.39, 0.29) is 17.7 Å². The van der Waals surface area contributed by atoms with E-state index >= 15 is 0 Å². The topological polar surface area (TPSA) is 110 Å². The number of hydrogen-bond donors (Lipinski definition) is 2. The highest BCUT2D eigenvalue weighted by Crippen LogP contribution is 2.21. The number of carboxylic acid groups (broad SMARTS) is 1. The van der Waals surface area contributed by atoms with Crippen LogP contribution >= 0.6 is 0 Å². The van der Waals surface area contributed by atoms with Gasteiger partial charge < -0.3 is 15.2 Å². The summed E-state index contributed by atoms with van der Waals surface area (Å²) < 4.78 is 4.31. The SMILES string of the molecule is CCCCCCCCCCCCNC(=O)[C@H](C)[C@@H](C)C(=O)O.CC[C@@H](C)c1ccccc1.C[C@@H]1C(=O)OC(=O)[C@@H]1C. The molecule has 0 spiro atoms. The van der Waals surface area contributed by atoms with E-state index in [4.69, 9.17) is 5.11 Å². The van der Waals surface area contributed by atoms with Gasteiger partial charge in [-0.05, 0) is 24.3 Å². The minimum absolute atomic E-state index is 0.147. The smallest absolute Gasteiger partial charge is 0.317 e. The predicted octanol–water partition coefficient (Wildman–Crippen LogP) is 7.92. The average molecular weight is 576 g/mol. The third-order valence-electron chi connectivity index (χ3n) is 8.06. The number of nitrogens with one attached hydrogen (secondary N) is 1. The van der Waals surface area contributed by atoms with Gasteiger partial charge in [0.25, 0.3) is 0 Å². The third-order valence-corrected chi connectivity index (χ3v) is 8.06. The molecule has 0 aliphatic carbocycles. The lowest BCUT2D eigenvalue weighted by atomic mass is 9.95. The Morgan fingerprint density at radius 3 is 1.63 bits per heavy atom. The van der Waals surface area contributed by atoms with E-state index < -0.39 is 29.7 Å². The summed E-state index contributed by atoms with van der Waals surface area (Å²) in [7, 11) is 0. The molecule has 1 aromatic rings. The Balaban J connectivity index is 0.000000684. The molecule has 1 aliphatic rings. The molecule has 2 rings (SSSR count). The van der Waals surface area contributed by atoms with E-state index in [0.717, 1.165) is 12.8 Å². The molecule has 234 valence electrons. The fourth-order valence-electron chi connectivity index (χ4n) is 4.14. The number of carbonyl (C=O) groups excluding carboxylic acids is 3. The van der Waals surface area contributed by atoms with Gasteiger partial charge in [0.15, 0.2) is 0 Å². The molecule has 1 aromatic carbocycles. The first-order valence-electron chi connectivity index (χ1n) is 15.8. The third kappa shape index (κ3) is 17.0. The van der Waals surface area contributed by atoms with Crippen molar-refractivity contribution in [3.05, 3.63) is 35.9 Å². The van der Waals surface area contributed by atoms with Crippen molar-refractivity contribution in [1.82, 2.24) is 5.32 Å². The number of hydrogen-bond acceptors (Lipinski definition) is 5. The normalized spacial score (nSPS) is 18.1. The summed E-state index contributed by atoms with van der Waals surface area (Å²) in [5.74, 6) is -2.75. The quantitative estimate of drug-likeness (QED) is 0.118. The monoisotopic (exact) mass is 575 g/mol. The molecule has 5 atom stereocenters. The van der Waals surface area contributed by atoms with Gasteiger partial charge in [0.1, 0.15) is 0 Å². The maximum atomic E-state index is 11.8. The lowest BCUT2D eigenvalue weighted by molar-refractivity contribution is -0.153. The van der Waals surface area contributed by atoms with Gasteiger partial charge in [-0.2, -0.15) is 0 Å². The fourth-order valence-corrected chi connectivity index (χ4v) is 4.14. The Bertz CT molecular complexity index is 853. The molecular formula is C34H57NO6. The van der Waals surface area contributed by atoms with E-state index in [1.54, 1.807) is 27.7 Å². The van der Waals surface area contributed by atoms with Crippen molar-refractivity contribution in [3.8, 4) is 0 Å². The number of cyclic esters (lactones) is 2. The Morgan fingerprint density at radius 1 is 0.780 bits per heavy atom. The van der Waals surface area contributed by atoms with Crippen LogP contribution in [-0.2, 0) is 23.9 Å². The Labute approximate surface area is 249 Å². The average Bonchev–Trinajstić information content (AvgIpc) is 3.20. The molecule has 0 bridgehead atoms. The molecule has 1 heterocycles. The van der Waals surface area contributed by atoms with Crippen molar-refractivity contribution in [2.24, 2.45) is 23.7 Å². The number of amides is 1. The molecule has 2 N–H and O–H groups in total. The van der Waals surface area contributed by atoms with Crippen LogP contribution in [0.25, 0.3) is 0 Å². The van der Waals surface area contributed by atoms with Crippen LogP contribution in [0.5, 0.6) is 0 Å². The molecule has 0 aromatic heterocycles. The summed E-state index contributed by atoms with van der Waals surface area (Å²) >= 11 is 0. The van der Waals surface area contributed by atoms with Crippen molar-refractivity contribution in [1.29, 1.82) is 0 Å². The minimum atomic E-state index is -0.915. The molecule has 0 unspecified atom stereocenters. The molecule has 1 amide bonds. The van der Waals surface area contributed by atoms with Crippen LogP contribution in [0, 0.1) is 23.7 Å². The number of aliphatic carboxylic acids is 1. The number of carbonyl (C=O) groups is 4. The van der Waals surface area contributed by atoms with Gasteiger partial charge in [0, 0.05) is 12.5 Å². The van der Waals surface area contributed by atoms with Gasteiger partial charge in [0.05, 0.1) is 17.8 Å². The summed E-state index contributed by atoms with van der Waals surface area (Å²) in [6.45, 7) is 14.0. The van der Waals surface area contributed by atoms with Crippen LogP contribution in [0.2, 0.25) is 0 Å². The lowest BCUT2D eigenvalue weighted by Crippen LogP contribution is -2.35. The van der Waals surface area contributed by atoms with Gasteiger partial charge in [-0.15, -0.1) is 0 Å². The van der Waals surface area contributed by atoms with Crippen LogP contribution in [0.1, 0.15) is 131 Å². The van der Waals surface area contributed by atoms with E-state index in [9.17, 15) is 19.2 Å². The zero-order valence-electron chi connectivity index (χ0n) is 26.7. The first-order chi connectivity index (χ1) is 19.5. The van der Waals surface area contributed by atoms with Crippen LogP contribution in [0.4, 0.5) is 0 Å². The molecule has 1 fully saturated rings. The van der Waals surface area contributed by atoms with Gasteiger partial charge in [-0.25, -0.2) is 0 Å². The molecule has 41 heavy (non-hydrogen) atoms. The standard InChI is InChI=1S/C18H35NO3.C10H14.C6H8O3/c1-4-5-6-7-8-9-10-11-12-13-14-19-17(20)15(2)16(3)18(21)22;1-3-9(2)10-7-5-4-6-8-10;1-3-4(2)6(8)9-5(3)7/h15-16H,4-14H2,1-3H3,(H,19,20)(H,21,22);4-9H,3H2,1-2H3;3-4H,1-2H3/t15-,16-;9-;3-,4+/m11./s1. The van der Waals surface area contributed by atoms with Crippen LogP contribution in [0.15, 0.2) is 30.3 Å². The molecule has 7 nitrogen and oxygen atoms in total. The van der Waals surface area contributed by atoms with Crippen LogP contribution < -0.4 is 5.32 Å².